The van der Waals surface area contributed by atoms with Gasteiger partial charge in [-0.25, -0.2) is 19.2 Å². The van der Waals surface area contributed by atoms with Gasteiger partial charge in [0.2, 0.25) is 12.4 Å². The van der Waals surface area contributed by atoms with Gasteiger partial charge in [0, 0.05) is 32.0 Å². The fourth-order valence-corrected chi connectivity index (χ4v) is 4.24. The number of hydrogen-bond acceptors (Lipinski definition) is 15. The molecule has 18 nitrogen and oxygen atoms in total. The number of carbonyl (C=O) groups excluding carboxylic acids is 4. The second-order valence-corrected chi connectivity index (χ2v) is 10.2. The van der Waals surface area contributed by atoms with E-state index in [2.05, 4.69) is 19.7 Å². The van der Waals surface area contributed by atoms with Gasteiger partial charge in [-0.05, 0) is 18.1 Å². The molecule has 1 aliphatic rings. The summed E-state index contributed by atoms with van der Waals surface area (Å²) in [7, 11) is 1.40. The van der Waals surface area contributed by atoms with Crippen molar-refractivity contribution < 1.29 is 71.9 Å². The molecule has 0 saturated carbocycles. The first-order chi connectivity index (χ1) is 23.3. The van der Waals surface area contributed by atoms with Crippen molar-refractivity contribution in [2.75, 3.05) is 33.4 Å². The Hall–Kier alpha value is -5.65. The fourth-order valence-electron chi connectivity index (χ4n) is 4.24. The molecule has 2 rings (SSSR count). The Morgan fingerprint density at radius 1 is 0.959 bits per heavy atom. The molecule has 0 aliphatic carbocycles. The van der Waals surface area contributed by atoms with Crippen molar-refractivity contribution in [2.24, 2.45) is 5.92 Å². The number of aliphatic carboxylic acids is 1. The van der Waals surface area contributed by atoms with Crippen LogP contribution in [0.3, 0.4) is 0 Å². The van der Waals surface area contributed by atoms with Crippen LogP contribution in [0, 0.1) is 16.0 Å². The van der Waals surface area contributed by atoms with Crippen molar-refractivity contribution in [3.63, 3.8) is 0 Å². The molecule has 0 spiro atoms. The van der Waals surface area contributed by atoms with Crippen LogP contribution in [0.2, 0.25) is 0 Å². The summed E-state index contributed by atoms with van der Waals surface area (Å²) < 4.78 is 42.5. The van der Waals surface area contributed by atoms with Gasteiger partial charge in [-0.3, -0.25) is 14.9 Å². The number of carboxylic acids is 1. The highest BCUT2D eigenvalue weighted by Gasteiger charge is 2.53. The third kappa shape index (κ3) is 12.5. The van der Waals surface area contributed by atoms with E-state index in [9.17, 15) is 34.1 Å². The van der Waals surface area contributed by atoms with Crippen LogP contribution in [-0.2, 0) is 49.4 Å². The summed E-state index contributed by atoms with van der Waals surface area (Å²) in [5, 5.41) is 20.9. The van der Waals surface area contributed by atoms with Gasteiger partial charge in [-0.1, -0.05) is 51.0 Å². The largest absolute Gasteiger partial charge is 0.509 e. The number of esters is 1. The van der Waals surface area contributed by atoms with E-state index < -0.39 is 83.8 Å². The SMILES string of the molecule is C=CCOC(=O)O[C@H]1[C@H](Oc2ccc(COC(=O)N(C)CCCC(=O)O)cc2[N+](=O)[O-])O[C@H](C(=O)OCC=C)[C@@H](C)[C@@H]1OC(=O)OCC=C. The Kier molecular flexibility index (Phi) is 16.0. The highest BCUT2D eigenvalue weighted by molar-refractivity contribution is 5.75. The van der Waals surface area contributed by atoms with Gasteiger partial charge >= 0.3 is 36.0 Å². The lowest BCUT2D eigenvalue weighted by Gasteiger charge is -2.42. The third-order valence-corrected chi connectivity index (χ3v) is 6.57. The number of hydrogen-bond donors (Lipinski definition) is 1. The first kappa shape index (κ1) is 39.5. The van der Waals surface area contributed by atoms with Crippen LogP contribution >= 0.6 is 0 Å². The van der Waals surface area contributed by atoms with Gasteiger partial charge in [0.15, 0.2) is 18.0 Å². The number of carboxylic acid groups (broad SMARTS) is 1. The first-order valence-corrected chi connectivity index (χ1v) is 14.7. The van der Waals surface area contributed by atoms with E-state index >= 15 is 0 Å². The summed E-state index contributed by atoms with van der Waals surface area (Å²) in [6.07, 6.45) is -6.04. The molecular formula is C31H38N2O16. The minimum Gasteiger partial charge on any atom is -0.481 e. The molecule has 268 valence electrons. The van der Waals surface area contributed by atoms with Gasteiger partial charge in [-0.15, -0.1) is 0 Å². The molecule has 1 fully saturated rings. The van der Waals surface area contributed by atoms with Crippen LogP contribution in [0.5, 0.6) is 5.75 Å². The highest BCUT2D eigenvalue weighted by atomic mass is 16.8. The van der Waals surface area contributed by atoms with Crippen LogP contribution in [0.25, 0.3) is 0 Å². The van der Waals surface area contributed by atoms with Crippen LogP contribution in [0.4, 0.5) is 20.1 Å². The van der Waals surface area contributed by atoms with E-state index in [4.69, 9.17) is 43.0 Å². The Balaban J connectivity index is 2.43. The standard InChI is InChI=1S/C31H38N2O16/c1-6-14-42-27(36)25-19(4)24(48-30(38)43-15-7-2)26(49-31(39)44-16-8-3)28(47-25)46-22-12-11-20(17-21(22)33(40)41)18-45-29(37)32(5)13-9-10-23(34)35/h6-8,11-12,17,19,24-26,28H,1-3,9-10,13-16,18H2,4-5H3,(H,34,35)/t19-,24-,25-,26+,28+/m0/s1. The van der Waals surface area contributed by atoms with Gasteiger partial charge in [0.25, 0.3) is 0 Å². The van der Waals surface area contributed by atoms with E-state index in [0.29, 0.717) is 0 Å². The maximum atomic E-state index is 13.0. The summed E-state index contributed by atoms with van der Waals surface area (Å²) in [6.45, 7) is 10.7. The molecule has 1 aromatic carbocycles. The van der Waals surface area contributed by atoms with Crippen molar-refractivity contribution in [3.05, 3.63) is 71.8 Å². The molecule has 18 heteroatoms. The summed E-state index contributed by atoms with van der Waals surface area (Å²) in [5.74, 6) is -3.47. The lowest BCUT2D eigenvalue weighted by Crippen LogP contribution is -2.60. The zero-order chi connectivity index (χ0) is 36.5. The van der Waals surface area contributed by atoms with E-state index in [0.717, 1.165) is 17.0 Å². The maximum absolute atomic E-state index is 13.0. The average Bonchev–Trinajstić information content (AvgIpc) is 3.06. The molecule has 1 saturated heterocycles. The molecule has 0 aromatic heterocycles. The van der Waals surface area contributed by atoms with Crippen LogP contribution < -0.4 is 4.74 Å². The predicted octanol–water partition coefficient (Wildman–Crippen LogP) is 3.91. The lowest BCUT2D eigenvalue weighted by molar-refractivity contribution is -0.387. The quantitative estimate of drug-likeness (QED) is 0.0755. The molecule has 49 heavy (non-hydrogen) atoms. The van der Waals surface area contributed by atoms with E-state index in [1.54, 1.807) is 0 Å². The van der Waals surface area contributed by atoms with E-state index in [1.165, 1.54) is 38.3 Å². The van der Waals surface area contributed by atoms with E-state index in [-0.39, 0.29) is 44.8 Å². The molecule has 1 aromatic rings. The second-order valence-electron chi connectivity index (χ2n) is 10.2. The predicted molar refractivity (Wildman–Crippen MR) is 165 cm³/mol. The normalized spacial score (nSPS) is 19.6. The number of rotatable bonds is 18. The number of nitro groups is 1. The van der Waals surface area contributed by atoms with Crippen molar-refractivity contribution in [1.82, 2.24) is 4.90 Å². The molecule has 1 amide bonds. The lowest BCUT2D eigenvalue weighted by atomic mass is 9.90. The van der Waals surface area contributed by atoms with Crippen molar-refractivity contribution in [3.8, 4) is 5.75 Å². The minimum atomic E-state index is -1.84. The van der Waals surface area contributed by atoms with Crippen LogP contribution in [0.15, 0.2) is 56.2 Å². The number of nitrogens with zero attached hydrogens (tertiary/aromatic N) is 2. The maximum Gasteiger partial charge on any atom is 0.509 e. The molecule has 1 aliphatic heterocycles. The van der Waals surface area contributed by atoms with Crippen LogP contribution in [-0.4, -0.2) is 103 Å². The van der Waals surface area contributed by atoms with Crippen LogP contribution in [0.1, 0.15) is 25.3 Å². The number of benzene rings is 1. The Labute approximate surface area is 280 Å². The highest BCUT2D eigenvalue weighted by Crippen LogP contribution is 2.36. The zero-order valence-electron chi connectivity index (χ0n) is 26.9. The van der Waals surface area contributed by atoms with Gasteiger partial charge in [0.1, 0.15) is 26.4 Å². The Bertz CT molecular complexity index is 1380. The zero-order valence-corrected chi connectivity index (χ0v) is 26.9. The summed E-state index contributed by atoms with van der Waals surface area (Å²) in [5.41, 5.74) is -0.477. The summed E-state index contributed by atoms with van der Waals surface area (Å²) in [4.78, 5) is 73.5. The second kappa shape index (κ2) is 19.9. The number of ether oxygens (including phenoxy) is 8. The first-order valence-electron chi connectivity index (χ1n) is 14.7. The van der Waals surface area contributed by atoms with Gasteiger partial charge in [-0.2, -0.15) is 0 Å². The molecule has 0 radical (unpaired) electrons. The topological polar surface area (TPSA) is 226 Å². The van der Waals surface area contributed by atoms with Crippen molar-refractivity contribution in [2.45, 2.75) is 51.0 Å². The van der Waals surface area contributed by atoms with Gasteiger partial charge in [0.05, 0.1) is 4.92 Å². The van der Waals surface area contributed by atoms with Gasteiger partial charge < -0.3 is 47.9 Å². The molecule has 0 bridgehead atoms. The minimum absolute atomic E-state index is 0.0985. The molecule has 1 N–H and O–H groups in total. The number of nitro benzene ring substituents is 1. The molecule has 0 unspecified atom stereocenters. The molecule has 1 heterocycles. The van der Waals surface area contributed by atoms with Crippen molar-refractivity contribution in [1.29, 1.82) is 0 Å². The number of carbonyl (C=O) groups is 5. The third-order valence-electron chi connectivity index (χ3n) is 6.57. The Morgan fingerprint density at radius 3 is 2.12 bits per heavy atom. The fraction of sp³-hybridized carbons (Fsp3) is 0.452. The number of amides is 1. The van der Waals surface area contributed by atoms with Crippen molar-refractivity contribution >= 4 is 36.0 Å². The average molecular weight is 695 g/mol. The van der Waals surface area contributed by atoms with E-state index in [1.807, 2.05) is 0 Å². The smallest absolute Gasteiger partial charge is 0.481 e. The summed E-state index contributed by atoms with van der Waals surface area (Å²) >= 11 is 0. The molecular weight excluding hydrogens is 656 g/mol. The monoisotopic (exact) mass is 694 g/mol. The molecule has 5 atom stereocenters. The summed E-state index contributed by atoms with van der Waals surface area (Å²) in [6, 6.07) is 3.52. The Morgan fingerprint density at radius 2 is 1.55 bits per heavy atom.